The van der Waals surface area contributed by atoms with Crippen LogP contribution in [0.25, 0.3) is 0 Å². The second-order valence-electron chi connectivity index (χ2n) is 4.92. The molecule has 2 rings (SSSR count). The van der Waals surface area contributed by atoms with E-state index in [2.05, 4.69) is 0 Å². The zero-order valence-corrected chi connectivity index (χ0v) is 10.6. The molecule has 9 nitrogen and oxygen atoms in total. The quantitative estimate of drug-likeness (QED) is 0.304. The van der Waals surface area contributed by atoms with Gasteiger partial charge in [0.25, 0.3) is 0 Å². The second kappa shape index (κ2) is 6.60. The minimum atomic E-state index is -1.50. The molecule has 8 atom stereocenters. The molecule has 2 aliphatic rings. The maximum absolute atomic E-state index is 9.91. The van der Waals surface area contributed by atoms with E-state index in [0.29, 0.717) is 0 Å². The molecule has 3 unspecified atom stereocenters. The zero-order chi connectivity index (χ0) is 14.9. The molecule has 0 aromatic rings. The average molecular weight is 296 g/mol. The van der Waals surface area contributed by atoms with E-state index in [0.717, 1.165) is 0 Å². The van der Waals surface area contributed by atoms with Crippen molar-refractivity contribution in [2.75, 3.05) is 19.8 Å². The normalized spacial score (nSPS) is 49.5. The van der Waals surface area contributed by atoms with E-state index in [-0.39, 0.29) is 6.61 Å². The fourth-order valence-corrected chi connectivity index (χ4v) is 2.33. The third-order valence-corrected chi connectivity index (χ3v) is 3.54. The molecule has 9 heteroatoms. The van der Waals surface area contributed by atoms with Crippen molar-refractivity contribution in [3.05, 3.63) is 0 Å². The lowest BCUT2D eigenvalue weighted by molar-refractivity contribution is -0.291. The van der Waals surface area contributed by atoms with Crippen molar-refractivity contribution in [1.29, 1.82) is 0 Å². The Hall–Kier alpha value is -0.360. The van der Waals surface area contributed by atoms with E-state index in [4.69, 9.17) is 24.4 Å². The maximum Gasteiger partial charge on any atom is 0.186 e. The monoisotopic (exact) mass is 296 g/mol. The molecule has 2 saturated heterocycles. The summed E-state index contributed by atoms with van der Waals surface area (Å²) in [4.78, 5) is 0. The lowest BCUT2D eigenvalue weighted by atomic mass is 10.0. The van der Waals surface area contributed by atoms with Gasteiger partial charge in [0.05, 0.1) is 19.8 Å². The number of rotatable bonds is 4. The first-order valence-electron chi connectivity index (χ1n) is 6.36. The first-order chi connectivity index (χ1) is 9.49. The molecule has 0 aromatic heterocycles. The Bertz CT molecular complexity index is 312. The number of ether oxygens (including phenoxy) is 3. The lowest BCUT2D eigenvalue weighted by Gasteiger charge is -2.37. The summed E-state index contributed by atoms with van der Waals surface area (Å²) in [5, 5.41) is 56.7. The minimum absolute atomic E-state index is 0.236. The highest BCUT2D eigenvalue weighted by molar-refractivity contribution is 4.93. The number of aliphatic hydroxyl groups excluding tert-OH is 6. The van der Waals surface area contributed by atoms with Crippen LogP contribution in [0.4, 0.5) is 0 Å². The Morgan fingerprint density at radius 2 is 1.55 bits per heavy atom. The molecule has 0 saturated carbocycles. The average Bonchev–Trinajstić information content (AvgIpc) is 2.75. The van der Waals surface area contributed by atoms with Crippen LogP contribution >= 0.6 is 0 Å². The Morgan fingerprint density at radius 1 is 0.900 bits per heavy atom. The molecular formula is C11H20O9. The van der Waals surface area contributed by atoms with Crippen molar-refractivity contribution in [1.82, 2.24) is 0 Å². The van der Waals surface area contributed by atoms with Gasteiger partial charge in [-0.3, -0.25) is 0 Å². The van der Waals surface area contributed by atoms with Crippen LogP contribution in [-0.4, -0.2) is 99.5 Å². The van der Waals surface area contributed by atoms with E-state index >= 15 is 0 Å². The summed E-state index contributed by atoms with van der Waals surface area (Å²) in [6, 6.07) is 0. The molecule has 0 bridgehead atoms. The molecule has 118 valence electrons. The van der Waals surface area contributed by atoms with E-state index < -0.39 is 62.2 Å². The standard InChI is InChI=1S/C11H20O9/c12-1-5-8(16)10(6(2-13)19-5)20-11-9(17)7(15)4(14)3-18-11/h4-17H,1-3H2/t4-,5?,6?,7+,8+,9?,10-,11+/m1/s1. The molecule has 20 heavy (non-hydrogen) atoms. The summed E-state index contributed by atoms with van der Waals surface area (Å²) in [5.41, 5.74) is 0. The van der Waals surface area contributed by atoms with Crippen LogP contribution in [0.1, 0.15) is 0 Å². The fourth-order valence-electron chi connectivity index (χ4n) is 2.33. The smallest absolute Gasteiger partial charge is 0.186 e. The third-order valence-electron chi connectivity index (χ3n) is 3.54. The number of hydrogen-bond donors (Lipinski definition) is 6. The molecule has 2 fully saturated rings. The summed E-state index contributed by atoms with van der Waals surface area (Å²) in [6.45, 7) is -1.14. The molecule has 0 radical (unpaired) electrons. The zero-order valence-electron chi connectivity index (χ0n) is 10.6. The first kappa shape index (κ1) is 16.0. The highest BCUT2D eigenvalue weighted by atomic mass is 16.7. The molecule has 0 aromatic carbocycles. The number of hydrogen-bond acceptors (Lipinski definition) is 9. The summed E-state index contributed by atoms with van der Waals surface area (Å²) in [6.07, 6.45) is -9.48. The predicted octanol–water partition coefficient (Wildman–Crippen LogP) is -4.08. The molecule has 0 amide bonds. The van der Waals surface area contributed by atoms with Crippen molar-refractivity contribution in [3.63, 3.8) is 0 Å². The molecule has 6 N–H and O–H groups in total. The molecule has 0 aliphatic carbocycles. The summed E-state index contributed by atoms with van der Waals surface area (Å²) in [7, 11) is 0. The van der Waals surface area contributed by atoms with Gasteiger partial charge in [0.1, 0.15) is 42.7 Å². The second-order valence-corrected chi connectivity index (χ2v) is 4.92. The fraction of sp³-hybridized carbons (Fsp3) is 1.00. The van der Waals surface area contributed by atoms with Gasteiger partial charge in [0.15, 0.2) is 6.29 Å². The highest BCUT2D eigenvalue weighted by Gasteiger charge is 2.48. The largest absolute Gasteiger partial charge is 0.394 e. The van der Waals surface area contributed by atoms with Crippen molar-refractivity contribution in [2.45, 2.75) is 49.0 Å². The summed E-state index contributed by atoms with van der Waals surface area (Å²) < 4.78 is 15.6. The van der Waals surface area contributed by atoms with E-state index in [1.807, 2.05) is 0 Å². The predicted molar refractivity (Wildman–Crippen MR) is 61.5 cm³/mol. The van der Waals surface area contributed by atoms with Crippen LogP contribution in [0.15, 0.2) is 0 Å². The van der Waals surface area contributed by atoms with Crippen LogP contribution in [-0.2, 0) is 14.2 Å². The minimum Gasteiger partial charge on any atom is -0.394 e. The first-order valence-corrected chi connectivity index (χ1v) is 6.36. The van der Waals surface area contributed by atoms with Crippen LogP contribution in [0.2, 0.25) is 0 Å². The lowest BCUT2D eigenvalue weighted by Crippen LogP contribution is -2.56. The van der Waals surface area contributed by atoms with Gasteiger partial charge in [-0.2, -0.15) is 0 Å². The van der Waals surface area contributed by atoms with Gasteiger partial charge in [-0.25, -0.2) is 0 Å². The molecule has 2 heterocycles. The molecule has 0 spiro atoms. The van der Waals surface area contributed by atoms with Crippen LogP contribution < -0.4 is 0 Å². The Morgan fingerprint density at radius 3 is 2.15 bits per heavy atom. The summed E-state index contributed by atoms with van der Waals surface area (Å²) >= 11 is 0. The Labute approximate surface area is 114 Å². The van der Waals surface area contributed by atoms with E-state index in [9.17, 15) is 20.4 Å². The van der Waals surface area contributed by atoms with E-state index in [1.54, 1.807) is 0 Å². The Balaban J connectivity index is 2.01. The van der Waals surface area contributed by atoms with E-state index in [1.165, 1.54) is 0 Å². The van der Waals surface area contributed by atoms with Crippen molar-refractivity contribution in [2.24, 2.45) is 0 Å². The van der Waals surface area contributed by atoms with Gasteiger partial charge >= 0.3 is 0 Å². The van der Waals surface area contributed by atoms with Gasteiger partial charge in [0, 0.05) is 0 Å². The van der Waals surface area contributed by atoms with Crippen molar-refractivity contribution < 1.29 is 44.8 Å². The van der Waals surface area contributed by atoms with Crippen LogP contribution in [0.3, 0.4) is 0 Å². The van der Waals surface area contributed by atoms with Crippen LogP contribution in [0, 0.1) is 0 Å². The van der Waals surface area contributed by atoms with Gasteiger partial charge in [-0.15, -0.1) is 0 Å². The maximum atomic E-state index is 9.91. The molecule has 2 aliphatic heterocycles. The number of aliphatic hydroxyl groups is 6. The summed E-state index contributed by atoms with van der Waals surface area (Å²) in [5.74, 6) is 0. The Kier molecular flexibility index (Phi) is 5.29. The van der Waals surface area contributed by atoms with Crippen molar-refractivity contribution in [3.8, 4) is 0 Å². The van der Waals surface area contributed by atoms with Gasteiger partial charge in [-0.1, -0.05) is 0 Å². The van der Waals surface area contributed by atoms with Gasteiger partial charge in [0.2, 0.25) is 0 Å². The molecular weight excluding hydrogens is 276 g/mol. The third kappa shape index (κ3) is 2.96. The SMILES string of the molecule is OCC1OC(CO)[C@H](O)[C@@H]1O[C@@H]1OC[C@@H](O)[C@H](O)C1O. The van der Waals surface area contributed by atoms with Gasteiger partial charge < -0.3 is 44.8 Å². The highest BCUT2D eigenvalue weighted by Crippen LogP contribution is 2.27. The van der Waals surface area contributed by atoms with Crippen molar-refractivity contribution >= 4 is 0 Å². The van der Waals surface area contributed by atoms with Crippen LogP contribution in [0.5, 0.6) is 0 Å². The van der Waals surface area contributed by atoms with Gasteiger partial charge in [-0.05, 0) is 0 Å². The topological polar surface area (TPSA) is 149 Å².